The van der Waals surface area contributed by atoms with Gasteiger partial charge in [-0.1, -0.05) is 12.1 Å². The normalized spacial score (nSPS) is 10.4. The molecule has 8 nitrogen and oxygen atoms in total. The highest BCUT2D eigenvalue weighted by molar-refractivity contribution is 6.02. The number of amides is 1. The van der Waals surface area contributed by atoms with Gasteiger partial charge in [0.15, 0.2) is 6.61 Å². The number of hydrogen-bond donors (Lipinski definition) is 1. The van der Waals surface area contributed by atoms with Gasteiger partial charge in [-0.25, -0.2) is 9.59 Å². The average molecular weight is 413 g/mol. The van der Waals surface area contributed by atoms with Crippen LogP contribution in [0.4, 0.5) is 5.69 Å². The van der Waals surface area contributed by atoms with Gasteiger partial charge in [-0.05, 0) is 37.3 Å². The van der Waals surface area contributed by atoms with Crippen LogP contribution in [0.2, 0.25) is 0 Å². The van der Waals surface area contributed by atoms with Crippen molar-refractivity contribution in [2.24, 2.45) is 0 Å². The van der Waals surface area contributed by atoms with E-state index in [1.54, 1.807) is 43.3 Å². The van der Waals surface area contributed by atoms with Crippen molar-refractivity contribution in [3.05, 3.63) is 59.7 Å². The summed E-state index contributed by atoms with van der Waals surface area (Å²) in [4.78, 5) is 36.0. The molecule has 0 fully saturated rings. The minimum absolute atomic E-state index is 0.212. The number of nitrogens with one attached hydrogen (secondary N) is 1. The molecule has 8 heteroatoms. The summed E-state index contributed by atoms with van der Waals surface area (Å²) in [7, 11) is 3.04. The maximum Gasteiger partial charge on any atom is 0.340 e. The molecule has 0 unspecified atom stereocenters. The first-order valence-corrected chi connectivity index (χ1v) is 9.11. The Kier molecular flexibility index (Phi) is 8.43. The van der Waals surface area contributed by atoms with E-state index in [0.717, 1.165) is 0 Å². The maximum absolute atomic E-state index is 12.1. The molecule has 0 spiro atoms. The second kappa shape index (κ2) is 11.3. The molecule has 2 rings (SSSR count). The Labute approximate surface area is 174 Å². The van der Waals surface area contributed by atoms with Crippen LogP contribution in [0.5, 0.6) is 11.5 Å². The zero-order valence-electron chi connectivity index (χ0n) is 17.0. The monoisotopic (exact) mass is 413 g/mol. The van der Waals surface area contributed by atoms with Crippen molar-refractivity contribution in [3.63, 3.8) is 0 Å². The maximum atomic E-state index is 12.1. The molecular weight excluding hydrogens is 390 g/mol. The fourth-order valence-corrected chi connectivity index (χ4v) is 2.46. The second-order valence-corrected chi connectivity index (χ2v) is 5.86. The molecule has 0 aromatic heterocycles. The van der Waals surface area contributed by atoms with E-state index in [0.29, 0.717) is 17.1 Å². The summed E-state index contributed by atoms with van der Waals surface area (Å²) in [6.45, 7) is 1.39. The number of esters is 2. The van der Waals surface area contributed by atoms with Crippen molar-refractivity contribution in [3.8, 4) is 11.5 Å². The molecule has 0 atom stereocenters. The molecular formula is C22H23NO7. The van der Waals surface area contributed by atoms with Gasteiger partial charge in [0.1, 0.15) is 11.5 Å². The Bertz CT molecular complexity index is 937. The Hall–Kier alpha value is -3.81. The minimum atomic E-state index is -0.707. The third-order valence-electron chi connectivity index (χ3n) is 3.88. The summed E-state index contributed by atoms with van der Waals surface area (Å²) >= 11 is 0. The van der Waals surface area contributed by atoms with Crippen LogP contribution in [-0.4, -0.2) is 45.3 Å². The van der Waals surface area contributed by atoms with Gasteiger partial charge >= 0.3 is 11.9 Å². The van der Waals surface area contributed by atoms with Crippen LogP contribution in [0.25, 0.3) is 6.08 Å². The molecule has 0 aliphatic rings. The van der Waals surface area contributed by atoms with Crippen LogP contribution in [0, 0.1) is 0 Å². The zero-order valence-corrected chi connectivity index (χ0v) is 17.0. The van der Waals surface area contributed by atoms with E-state index in [2.05, 4.69) is 5.32 Å². The number of para-hydroxylation sites is 1. The molecule has 30 heavy (non-hydrogen) atoms. The molecule has 158 valence electrons. The van der Waals surface area contributed by atoms with Crippen molar-refractivity contribution >= 4 is 29.6 Å². The standard InChI is InChI=1S/C22H23NO7/c1-4-29-22(26)17-7-5-6-8-18(17)23-20(24)14-30-21(25)12-10-15-9-11-16(27-2)13-19(15)28-3/h5-13H,4,14H2,1-3H3,(H,23,24)/b12-10+. The number of methoxy groups -OCH3 is 2. The van der Waals surface area contributed by atoms with E-state index >= 15 is 0 Å². The average Bonchev–Trinajstić information content (AvgIpc) is 2.76. The molecule has 0 heterocycles. The highest BCUT2D eigenvalue weighted by Crippen LogP contribution is 2.25. The highest BCUT2D eigenvalue weighted by atomic mass is 16.5. The summed E-state index contributed by atoms with van der Waals surface area (Å²) in [6, 6.07) is 11.5. The van der Waals surface area contributed by atoms with Gasteiger partial charge in [-0.2, -0.15) is 0 Å². The zero-order chi connectivity index (χ0) is 21.9. The lowest BCUT2D eigenvalue weighted by Gasteiger charge is -2.10. The second-order valence-electron chi connectivity index (χ2n) is 5.86. The summed E-state index contributed by atoms with van der Waals surface area (Å²) in [5.74, 6) is -0.711. The number of carbonyl (C=O) groups is 3. The highest BCUT2D eigenvalue weighted by Gasteiger charge is 2.14. The SMILES string of the molecule is CCOC(=O)c1ccccc1NC(=O)COC(=O)/C=C/c1ccc(OC)cc1OC. The topological polar surface area (TPSA) is 100 Å². The van der Waals surface area contributed by atoms with Crippen LogP contribution >= 0.6 is 0 Å². The van der Waals surface area contributed by atoms with Crippen LogP contribution < -0.4 is 14.8 Å². The molecule has 2 aromatic rings. The minimum Gasteiger partial charge on any atom is -0.497 e. The molecule has 1 N–H and O–H groups in total. The van der Waals surface area contributed by atoms with Gasteiger partial charge in [-0.3, -0.25) is 4.79 Å². The lowest BCUT2D eigenvalue weighted by Crippen LogP contribution is -2.21. The molecule has 0 aliphatic heterocycles. The van der Waals surface area contributed by atoms with E-state index in [1.165, 1.54) is 32.4 Å². The summed E-state index contributed by atoms with van der Waals surface area (Å²) in [5, 5.41) is 2.53. The predicted octanol–water partition coefficient (Wildman–Crippen LogP) is 3.08. The van der Waals surface area contributed by atoms with Gasteiger partial charge in [0.2, 0.25) is 0 Å². The Morgan fingerprint density at radius 2 is 1.77 bits per heavy atom. The summed E-state index contributed by atoms with van der Waals surface area (Å²) in [6.07, 6.45) is 2.69. The number of ether oxygens (including phenoxy) is 4. The first-order chi connectivity index (χ1) is 14.5. The molecule has 0 saturated heterocycles. The van der Waals surface area contributed by atoms with Crippen molar-refractivity contribution in [2.45, 2.75) is 6.92 Å². The van der Waals surface area contributed by atoms with E-state index in [9.17, 15) is 14.4 Å². The van der Waals surface area contributed by atoms with Gasteiger partial charge in [-0.15, -0.1) is 0 Å². The molecule has 0 radical (unpaired) electrons. The van der Waals surface area contributed by atoms with Crippen LogP contribution in [0.3, 0.4) is 0 Å². The number of anilines is 1. The first kappa shape index (κ1) is 22.5. The largest absolute Gasteiger partial charge is 0.497 e. The molecule has 1 amide bonds. The number of benzene rings is 2. The van der Waals surface area contributed by atoms with Crippen molar-refractivity contribution < 1.29 is 33.3 Å². The van der Waals surface area contributed by atoms with Crippen LogP contribution in [0.15, 0.2) is 48.5 Å². The van der Waals surface area contributed by atoms with E-state index < -0.39 is 24.5 Å². The van der Waals surface area contributed by atoms with Gasteiger partial charge in [0, 0.05) is 17.7 Å². The van der Waals surface area contributed by atoms with Crippen molar-refractivity contribution in [1.82, 2.24) is 0 Å². The third-order valence-corrected chi connectivity index (χ3v) is 3.88. The lowest BCUT2D eigenvalue weighted by molar-refractivity contribution is -0.142. The van der Waals surface area contributed by atoms with Crippen LogP contribution in [-0.2, 0) is 19.1 Å². The molecule has 0 aliphatic carbocycles. The van der Waals surface area contributed by atoms with Crippen molar-refractivity contribution in [2.75, 3.05) is 32.8 Å². The summed E-state index contributed by atoms with van der Waals surface area (Å²) < 4.78 is 20.3. The van der Waals surface area contributed by atoms with E-state index in [1.807, 2.05) is 0 Å². The number of rotatable bonds is 9. The lowest BCUT2D eigenvalue weighted by atomic mass is 10.1. The fraction of sp³-hybridized carbons (Fsp3) is 0.227. The van der Waals surface area contributed by atoms with E-state index in [-0.39, 0.29) is 17.9 Å². The van der Waals surface area contributed by atoms with Crippen molar-refractivity contribution in [1.29, 1.82) is 0 Å². The Morgan fingerprint density at radius 1 is 1.00 bits per heavy atom. The van der Waals surface area contributed by atoms with Gasteiger partial charge in [0.05, 0.1) is 32.1 Å². The van der Waals surface area contributed by atoms with Gasteiger partial charge in [0.25, 0.3) is 5.91 Å². The number of carbonyl (C=O) groups excluding carboxylic acids is 3. The molecule has 2 aromatic carbocycles. The summed E-state index contributed by atoms with van der Waals surface area (Å²) in [5.41, 5.74) is 1.13. The third kappa shape index (κ3) is 6.37. The smallest absolute Gasteiger partial charge is 0.340 e. The fourth-order valence-electron chi connectivity index (χ4n) is 2.46. The Balaban J connectivity index is 1.94. The number of hydrogen-bond acceptors (Lipinski definition) is 7. The predicted molar refractivity (Wildman–Crippen MR) is 111 cm³/mol. The quantitative estimate of drug-likeness (QED) is 0.498. The van der Waals surface area contributed by atoms with Gasteiger partial charge < -0.3 is 24.3 Å². The molecule has 0 bridgehead atoms. The first-order valence-electron chi connectivity index (χ1n) is 9.11. The molecule has 0 saturated carbocycles. The van der Waals surface area contributed by atoms with Crippen LogP contribution in [0.1, 0.15) is 22.8 Å². The van der Waals surface area contributed by atoms with E-state index in [4.69, 9.17) is 18.9 Å². The Morgan fingerprint density at radius 3 is 2.47 bits per heavy atom.